The summed E-state index contributed by atoms with van der Waals surface area (Å²) in [6.45, 7) is 0. The summed E-state index contributed by atoms with van der Waals surface area (Å²) < 4.78 is 54.7. The summed E-state index contributed by atoms with van der Waals surface area (Å²) in [5.41, 5.74) is 0.132. The van der Waals surface area contributed by atoms with Crippen molar-refractivity contribution < 1.29 is 22.6 Å². The Morgan fingerprint density at radius 3 is 2.47 bits per heavy atom. The molecule has 0 fully saturated rings. The molecule has 0 saturated heterocycles. The maximum atomic E-state index is 13.3. The van der Waals surface area contributed by atoms with Crippen LogP contribution >= 0.6 is 11.5 Å². The lowest BCUT2D eigenvalue weighted by Gasteiger charge is -2.13. The summed E-state index contributed by atoms with van der Waals surface area (Å²) in [5.74, 6) is 1.22. The van der Waals surface area contributed by atoms with Gasteiger partial charge in [0.05, 0.1) is 24.3 Å². The summed E-state index contributed by atoms with van der Waals surface area (Å²) >= 11 is 1.19. The van der Waals surface area contributed by atoms with E-state index >= 15 is 0 Å². The molecular formula is C23H17F3N6O3S. The second kappa shape index (κ2) is 9.00. The Kier molecular flexibility index (Phi) is 5.84. The van der Waals surface area contributed by atoms with Crippen LogP contribution in [0.15, 0.2) is 59.7 Å². The number of rotatable bonds is 6. The maximum absolute atomic E-state index is 13.3. The number of halogens is 3. The predicted molar refractivity (Wildman–Crippen MR) is 128 cm³/mol. The molecule has 0 aliphatic rings. The number of benzene rings is 2. The van der Waals surface area contributed by atoms with Crippen LogP contribution < -0.4 is 20.3 Å². The largest absolute Gasteiger partial charge is 0.497 e. The molecule has 2 aromatic carbocycles. The molecule has 184 valence electrons. The summed E-state index contributed by atoms with van der Waals surface area (Å²) in [4.78, 5) is 20.9. The first-order valence-electron chi connectivity index (χ1n) is 10.4. The van der Waals surface area contributed by atoms with E-state index in [-0.39, 0.29) is 17.3 Å². The fourth-order valence-electron chi connectivity index (χ4n) is 3.53. The van der Waals surface area contributed by atoms with E-state index in [1.807, 2.05) is 0 Å². The molecule has 0 aliphatic carbocycles. The van der Waals surface area contributed by atoms with Crippen LogP contribution in [0, 0.1) is 0 Å². The van der Waals surface area contributed by atoms with Gasteiger partial charge in [-0.3, -0.25) is 9.17 Å². The van der Waals surface area contributed by atoms with Crippen LogP contribution in [-0.2, 0) is 6.18 Å². The van der Waals surface area contributed by atoms with Crippen molar-refractivity contribution in [2.24, 2.45) is 0 Å². The Morgan fingerprint density at radius 1 is 1.06 bits per heavy atom. The highest BCUT2D eigenvalue weighted by Gasteiger charge is 2.34. The Balaban J connectivity index is 1.63. The second-order valence-corrected chi connectivity index (χ2v) is 8.39. The van der Waals surface area contributed by atoms with E-state index in [0.717, 1.165) is 15.4 Å². The molecule has 2 N–H and O–H groups in total. The van der Waals surface area contributed by atoms with Gasteiger partial charge in [0.2, 0.25) is 5.95 Å². The molecule has 13 heteroatoms. The monoisotopic (exact) mass is 514 g/mol. The molecule has 0 unspecified atom stereocenters. The third kappa shape index (κ3) is 4.47. The lowest BCUT2D eigenvalue weighted by atomic mass is 10.1. The predicted octanol–water partition coefficient (Wildman–Crippen LogP) is 5.01. The number of hydrogen-bond acceptors (Lipinski definition) is 8. The van der Waals surface area contributed by atoms with Crippen molar-refractivity contribution in [2.45, 2.75) is 6.18 Å². The van der Waals surface area contributed by atoms with E-state index in [2.05, 4.69) is 24.8 Å². The lowest BCUT2D eigenvalue weighted by molar-refractivity contribution is -0.141. The van der Waals surface area contributed by atoms with Crippen molar-refractivity contribution in [3.8, 4) is 28.4 Å². The van der Waals surface area contributed by atoms with E-state index in [9.17, 15) is 18.0 Å². The third-order valence-electron chi connectivity index (χ3n) is 5.26. The summed E-state index contributed by atoms with van der Waals surface area (Å²) in [5, 5.41) is 7.14. The van der Waals surface area contributed by atoms with Crippen molar-refractivity contribution in [3.63, 3.8) is 0 Å². The highest BCUT2D eigenvalue weighted by Crippen LogP contribution is 2.32. The molecule has 5 rings (SSSR count). The van der Waals surface area contributed by atoms with Crippen LogP contribution in [-0.4, -0.2) is 38.3 Å². The number of fused-ring (bicyclic) bond motifs is 1. The molecule has 0 spiro atoms. The normalized spacial score (nSPS) is 11.6. The fourth-order valence-corrected chi connectivity index (χ4v) is 4.24. The number of H-pyrrole nitrogens is 1. The van der Waals surface area contributed by atoms with Crippen LogP contribution in [0.5, 0.6) is 11.5 Å². The van der Waals surface area contributed by atoms with E-state index in [0.29, 0.717) is 33.7 Å². The zero-order valence-corrected chi connectivity index (χ0v) is 19.6. The number of methoxy groups -OCH3 is 2. The van der Waals surface area contributed by atoms with Crippen LogP contribution in [0.2, 0.25) is 0 Å². The van der Waals surface area contributed by atoms with Gasteiger partial charge in [-0.1, -0.05) is 17.6 Å². The van der Waals surface area contributed by atoms with Crippen LogP contribution in [0.25, 0.3) is 27.0 Å². The Bertz CT molecular complexity index is 1600. The van der Waals surface area contributed by atoms with Gasteiger partial charge < -0.3 is 14.8 Å². The number of alkyl halides is 3. The molecule has 0 aliphatic heterocycles. The van der Waals surface area contributed by atoms with Crippen molar-refractivity contribution in [1.82, 2.24) is 24.1 Å². The number of ether oxygens (including phenoxy) is 2. The Hall–Kier alpha value is -4.39. The maximum Gasteiger partial charge on any atom is 0.435 e. The molecule has 3 heterocycles. The van der Waals surface area contributed by atoms with Crippen LogP contribution in [0.4, 0.5) is 24.8 Å². The topological polar surface area (TPSA) is 107 Å². The van der Waals surface area contributed by atoms with Gasteiger partial charge in [-0.15, -0.1) is 0 Å². The minimum atomic E-state index is -4.63. The molecule has 0 amide bonds. The van der Waals surface area contributed by atoms with Crippen LogP contribution in [0.1, 0.15) is 5.69 Å². The quantitative estimate of drug-likeness (QED) is 0.328. The zero-order valence-electron chi connectivity index (χ0n) is 18.8. The van der Waals surface area contributed by atoms with Gasteiger partial charge in [-0.05, 0) is 23.8 Å². The van der Waals surface area contributed by atoms with Gasteiger partial charge in [0.25, 0.3) is 5.56 Å². The first kappa shape index (κ1) is 23.4. The minimum Gasteiger partial charge on any atom is -0.497 e. The highest BCUT2D eigenvalue weighted by atomic mass is 32.1. The van der Waals surface area contributed by atoms with Crippen molar-refractivity contribution in [2.75, 3.05) is 19.5 Å². The number of aromatic nitrogens is 5. The molecule has 5 aromatic rings. The lowest BCUT2D eigenvalue weighted by Crippen LogP contribution is -2.10. The van der Waals surface area contributed by atoms with Crippen molar-refractivity contribution >= 4 is 33.3 Å². The molecule has 0 radical (unpaired) electrons. The third-order valence-corrected chi connectivity index (χ3v) is 6.12. The van der Waals surface area contributed by atoms with E-state index in [4.69, 9.17) is 9.47 Å². The van der Waals surface area contributed by atoms with Gasteiger partial charge in [-0.25, -0.2) is 9.67 Å². The van der Waals surface area contributed by atoms with Crippen molar-refractivity contribution in [3.05, 3.63) is 70.9 Å². The molecule has 0 saturated carbocycles. The number of nitrogens with zero attached hydrogens (tertiary/aromatic N) is 4. The van der Waals surface area contributed by atoms with Gasteiger partial charge in [-0.2, -0.15) is 23.3 Å². The molecule has 9 nitrogen and oxygen atoms in total. The number of aromatic amines is 1. The Labute approximate surface area is 205 Å². The van der Waals surface area contributed by atoms with Gasteiger partial charge in [0, 0.05) is 41.8 Å². The number of hydrogen-bond donors (Lipinski definition) is 2. The van der Waals surface area contributed by atoms with Crippen molar-refractivity contribution in [1.29, 1.82) is 0 Å². The summed E-state index contributed by atoms with van der Waals surface area (Å²) in [6.07, 6.45) is -2.00. The average Bonchev–Trinajstić information content (AvgIpc) is 3.51. The highest BCUT2D eigenvalue weighted by molar-refractivity contribution is 7.13. The minimum absolute atomic E-state index is 0.0869. The molecule has 0 bridgehead atoms. The average molecular weight is 514 g/mol. The summed E-state index contributed by atoms with van der Waals surface area (Å²) in [7, 11) is 3.01. The molecule has 36 heavy (non-hydrogen) atoms. The molecule has 3 aromatic heterocycles. The van der Waals surface area contributed by atoms with Gasteiger partial charge in [0.15, 0.2) is 11.5 Å². The smallest absolute Gasteiger partial charge is 0.435 e. The van der Waals surface area contributed by atoms with Gasteiger partial charge in [0.1, 0.15) is 11.5 Å². The van der Waals surface area contributed by atoms with E-state index < -0.39 is 11.9 Å². The summed E-state index contributed by atoms with van der Waals surface area (Å²) in [6, 6.07) is 11.0. The Morgan fingerprint density at radius 2 is 1.81 bits per heavy atom. The van der Waals surface area contributed by atoms with Gasteiger partial charge >= 0.3 is 6.18 Å². The SMILES string of the molecule is COc1cc(Nc2ncc(-c3ccc4s[nH]c(=O)c4c3)c(-n3ccc(C(F)(F)F)n3)n2)cc(OC)c1. The first-order chi connectivity index (χ1) is 17.2. The second-order valence-electron chi connectivity index (χ2n) is 7.54. The first-order valence-corrected chi connectivity index (χ1v) is 11.2. The van der Waals surface area contributed by atoms with E-state index in [1.165, 1.54) is 38.1 Å². The zero-order chi connectivity index (χ0) is 25.4. The number of anilines is 2. The fraction of sp³-hybridized carbons (Fsp3) is 0.130. The molecular weight excluding hydrogens is 497 g/mol. The standard InChI is InChI=1S/C23H17F3N6O3S/c1-34-14-8-13(9-15(10-14)35-2)28-22-27-11-17(12-3-4-18-16(7-12)21(33)31-36-18)20(29-22)32-6-5-19(30-32)23(24,25)26/h3-11H,1-2H3,(H,31,33)(H,27,28,29). The molecule has 0 atom stereocenters. The number of nitrogens with one attached hydrogen (secondary N) is 2. The van der Waals surface area contributed by atoms with E-state index in [1.54, 1.807) is 36.4 Å². The van der Waals surface area contributed by atoms with Crippen LogP contribution in [0.3, 0.4) is 0 Å².